The molecule has 1 unspecified atom stereocenters. The zero-order valence-electron chi connectivity index (χ0n) is 6.82. The summed E-state index contributed by atoms with van der Waals surface area (Å²) in [5.74, 6) is -0.245. The van der Waals surface area contributed by atoms with Gasteiger partial charge in [0.25, 0.3) is 0 Å². The van der Waals surface area contributed by atoms with Crippen molar-refractivity contribution in [3.8, 4) is 0 Å². The molecule has 0 fully saturated rings. The summed E-state index contributed by atoms with van der Waals surface area (Å²) in [4.78, 5) is 23.3. The number of thiophene rings is 1. The Morgan fingerprint density at radius 2 is 2.38 bits per heavy atom. The van der Waals surface area contributed by atoms with Gasteiger partial charge in [-0.3, -0.25) is 9.59 Å². The number of aldehydes is 1. The van der Waals surface area contributed by atoms with Crippen molar-refractivity contribution in [2.24, 2.45) is 0 Å². The van der Waals surface area contributed by atoms with Crippen molar-refractivity contribution in [1.82, 2.24) is 0 Å². The van der Waals surface area contributed by atoms with Gasteiger partial charge in [0.1, 0.15) is 6.10 Å². The molecule has 1 aliphatic carbocycles. The molecule has 4 heteroatoms. The zero-order chi connectivity index (χ0) is 9.42. The molecule has 68 valence electrons. The van der Waals surface area contributed by atoms with Crippen LogP contribution in [0, 0.1) is 0 Å². The van der Waals surface area contributed by atoms with Crippen molar-refractivity contribution < 1.29 is 14.7 Å². The summed E-state index contributed by atoms with van der Waals surface area (Å²) >= 11 is 1.34. The summed E-state index contributed by atoms with van der Waals surface area (Å²) in [5, 5.41) is 9.27. The maximum absolute atomic E-state index is 11.4. The first-order valence-corrected chi connectivity index (χ1v) is 4.84. The van der Waals surface area contributed by atoms with Crippen LogP contribution >= 0.6 is 11.3 Å². The average molecular weight is 196 g/mol. The number of carbonyl (C=O) groups excluding carboxylic acids is 2. The van der Waals surface area contributed by atoms with E-state index >= 15 is 0 Å². The second-order valence-corrected chi connectivity index (χ2v) is 4.19. The van der Waals surface area contributed by atoms with Gasteiger partial charge < -0.3 is 5.11 Å². The molecule has 1 aromatic heterocycles. The van der Waals surface area contributed by atoms with E-state index < -0.39 is 6.10 Å². The Kier molecular flexibility index (Phi) is 2.01. The maximum Gasteiger partial charge on any atom is 0.192 e. The Hall–Kier alpha value is -1.00. The van der Waals surface area contributed by atoms with Crippen LogP contribution in [0.4, 0.5) is 0 Å². The predicted octanol–water partition coefficient (Wildman–Crippen LogP) is 1.05. The number of hydrogen-bond donors (Lipinski definition) is 1. The lowest BCUT2D eigenvalue weighted by Gasteiger charge is -2.14. The van der Waals surface area contributed by atoms with Gasteiger partial charge in [0.15, 0.2) is 12.1 Å². The van der Waals surface area contributed by atoms with Gasteiger partial charge >= 0.3 is 0 Å². The summed E-state index contributed by atoms with van der Waals surface area (Å²) < 4.78 is 0. The van der Waals surface area contributed by atoms with E-state index in [2.05, 4.69) is 0 Å². The zero-order valence-corrected chi connectivity index (χ0v) is 7.63. The Morgan fingerprint density at radius 1 is 1.62 bits per heavy atom. The van der Waals surface area contributed by atoms with Gasteiger partial charge in [-0.05, 0) is 18.9 Å². The monoisotopic (exact) mass is 196 g/mol. The minimum Gasteiger partial charge on any atom is -0.385 e. The number of aliphatic hydroxyl groups excluding tert-OH is 1. The molecule has 0 radical (unpaired) electrons. The molecule has 1 N–H and O–H groups in total. The summed E-state index contributed by atoms with van der Waals surface area (Å²) in [6.07, 6.45) is 1.04. The highest BCUT2D eigenvalue weighted by Gasteiger charge is 2.27. The second kappa shape index (κ2) is 3.05. The third kappa shape index (κ3) is 1.32. The summed E-state index contributed by atoms with van der Waals surface area (Å²) in [7, 11) is 0. The molecule has 1 aromatic rings. The van der Waals surface area contributed by atoms with Crippen molar-refractivity contribution in [2.45, 2.75) is 18.9 Å². The van der Waals surface area contributed by atoms with E-state index in [1.54, 1.807) is 6.07 Å². The fraction of sp³-hybridized carbons (Fsp3) is 0.333. The number of aliphatic hydroxyl groups is 1. The molecule has 0 saturated carbocycles. The van der Waals surface area contributed by atoms with Crippen LogP contribution in [0.1, 0.15) is 31.3 Å². The van der Waals surface area contributed by atoms with Crippen LogP contribution in [0.25, 0.3) is 0 Å². The standard InChI is InChI=1S/C9H8O3S/c10-4-5-3-6-8(13-5)2-1-7(11)9(6)12/h3-4,7,11H,1-2H2. The number of hydrogen-bond acceptors (Lipinski definition) is 4. The molecule has 0 bridgehead atoms. The van der Waals surface area contributed by atoms with Crippen LogP contribution < -0.4 is 0 Å². The second-order valence-electron chi connectivity index (χ2n) is 3.02. The van der Waals surface area contributed by atoms with E-state index in [0.717, 1.165) is 11.2 Å². The van der Waals surface area contributed by atoms with Crippen LogP contribution in [0.3, 0.4) is 0 Å². The third-order valence-electron chi connectivity index (χ3n) is 2.16. The van der Waals surface area contributed by atoms with E-state index in [1.807, 2.05) is 0 Å². The summed E-state index contributed by atoms with van der Waals surface area (Å²) in [6.45, 7) is 0. The van der Waals surface area contributed by atoms with Gasteiger partial charge in [-0.25, -0.2) is 0 Å². The van der Waals surface area contributed by atoms with Crippen LogP contribution in [0.5, 0.6) is 0 Å². The van der Waals surface area contributed by atoms with Crippen molar-refractivity contribution in [3.63, 3.8) is 0 Å². The number of rotatable bonds is 1. The Bertz CT molecular complexity index is 367. The molecule has 0 aromatic carbocycles. The lowest BCUT2D eigenvalue weighted by Crippen LogP contribution is -2.25. The highest BCUT2D eigenvalue weighted by molar-refractivity contribution is 7.14. The maximum atomic E-state index is 11.4. The van der Waals surface area contributed by atoms with Gasteiger partial charge in [-0.1, -0.05) is 0 Å². The van der Waals surface area contributed by atoms with Crippen molar-refractivity contribution >= 4 is 23.4 Å². The van der Waals surface area contributed by atoms with Crippen molar-refractivity contribution in [2.75, 3.05) is 0 Å². The summed E-state index contributed by atoms with van der Waals surface area (Å²) in [5.41, 5.74) is 0.533. The Balaban J connectivity index is 2.47. The highest BCUT2D eigenvalue weighted by Crippen LogP contribution is 2.28. The van der Waals surface area contributed by atoms with Crippen molar-refractivity contribution in [3.05, 3.63) is 21.4 Å². The first-order valence-electron chi connectivity index (χ1n) is 4.02. The fourth-order valence-electron chi connectivity index (χ4n) is 1.48. The average Bonchev–Trinajstić information content (AvgIpc) is 2.55. The molecule has 0 aliphatic heterocycles. The van der Waals surface area contributed by atoms with E-state index in [-0.39, 0.29) is 5.78 Å². The first kappa shape index (κ1) is 8.59. The Morgan fingerprint density at radius 3 is 3.08 bits per heavy atom. The number of carbonyl (C=O) groups is 2. The SMILES string of the molecule is O=Cc1cc2c(s1)CCC(O)C2=O. The minimum absolute atomic E-state index is 0.245. The van der Waals surface area contributed by atoms with E-state index in [1.165, 1.54) is 11.3 Å². The molecule has 0 spiro atoms. The minimum atomic E-state index is -0.874. The summed E-state index contributed by atoms with van der Waals surface area (Å²) in [6, 6.07) is 1.57. The molecule has 1 aliphatic rings. The van der Waals surface area contributed by atoms with Crippen molar-refractivity contribution in [1.29, 1.82) is 0 Å². The number of Topliss-reactive ketones (excluding diaryl/α,β-unsaturated/α-hetero) is 1. The predicted molar refractivity (Wildman–Crippen MR) is 48.4 cm³/mol. The number of fused-ring (bicyclic) bond motifs is 1. The van der Waals surface area contributed by atoms with Crippen LogP contribution in [-0.4, -0.2) is 23.3 Å². The number of aryl methyl sites for hydroxylation is 1. The lowest BCUT2D eigenvalue weighted by atomic mass is 9.95. The molecule has 0 saturated heterocycles. The third-order valence-corrected chi connectivity index (χ3v) is 3.28. The Labute approximate surface area is 79.0 Å². The quantitative estimate of drug-likeness (QED) is 0.683. The molecule has 3 nitrogen and oxygen atoms in total. The fourth-order valence-corrected chi connectivity index (χ4v) is 2.48. The normalized spacial score (nSPS) is 21.3. The van der Waals surface area contributed by atoms with E-state index in [4.69, 9.17) is 0 Å². The van der Waals surface area contributed by atoms with Crippen LogP contribution in [0.2, 0.25) is 0 Å². The highest BCUT2D eigenvalue weighted by atomic mass is 32.1. The van der Waals surface area contributed by atoms with Gasteiger partial charge in [0.05, 0.1) is 4.88 Å². The van der Waals surface area contributed by atoms with E-state index in [0.29, 0.717) is 23.3 Å². The molecular formula is C9H8O3S. The lowest BCUT2D eigenvalue weighted by molar-refractivity contribution is 0.0714. The van der Waals surface area contributed by atoms with Gasteiger partial charge in [-0.15, -0.1) is 11.3 Å². The molecule has 13 heavy (non-hydrogen) atoms. The van der Waals surface area contributed by atoms with E-state index in [9.17, 15) is 14.7 Å². The van der Waals surface area contributed by atoms with Crippen LogP contribution in [0.15, 0.2) is 6.07 Å². The molecule has 0 amide bonds. The molecule has 2 rings (SSSR count). The number of ketones is 1. The smallest absolute Gasteiger partial charge is 0.192 e. The van der Waals surface area contributed by atoms with Gasteiger partial charge in [0, 0.05) is 10.4 Å². The molecular weight excluding hydrogens is 188 g/mol. The largest absolute Gasteiger partial charge is 0.385 e. The first-order chi connectivity index (χ1) is 6.22. The van der Waals surface area contributed by atoms with Gasteiger partial charge in [0.2, 0.25) is 0 Å². The van der Waals surface area contributed by atoms with Crippen LogP contribution in [-0.2, 0) is 6.42 Å². The molecule has 1 atom stereocenters. The molecule has 1 heterocycles. The van der Waals surface area contributed by atoms with Gasteiger partial charge in [-0.2, -0.15) is 0 Å². The topological polar surface area (TPSA) is 54.4 Å².